The lowest BCUT2D eigenvalue weighted by atomic mass is 10.1. The Hall–Kier alpha value is -2.88. The van der Waals surface area contributed by atoms with Gasteiger partial charge in [0.1, 0.15) is 5.82 Å². The molecule has 0 bridgehead atoms. The maximum Gasteiger partial charge on any atom is 0.231 e. The van der Waals surface area contributed by atoms with Crippen LogP contribution >= 0.6 is 0 Å². The summed E-state index contributed by atoms with van der Waals surface area (Å²) in [5, 5.41) is 3.35. The van der Waals surface area contributed by atoms with E-state index in [9.17, 15) is 0 Å². The lowest BCUT2D eigenvalue weighted by Gasteiger charge is -2.17. The zero-order valence-corrected chi connectivity index (χ0v) is 13.4. The highest BCUT2D eigenvalue weighted by molar-refractivity contribution is 5.57. The lowest BCUT2D eigenvalue weighted by Crippen LogP contribution is -2.14. The fraction of sp³-hybridized carbons (Fsp3) is 0.158. The molecule has 3 aromatic rings. The van der Waals surface area contributed by atoms with Gasteiger partial charge in [-0.25, -0.2) is 4.98 Å². The predicted molar refractivity (Wildman–Crippen MR) is 95.0 cm³/mol. The number of aryl methyl sites for hydroxylation is 1. The van der Waals surface area contributed by atoms with Crippen LogP contribution < -0.4 is 10.2 Å². The summed E-state index contributed by atoms with van der Waals surface area (Å²) in [6, 6.07) is 20.5. The maximum absolute atomic E-state index is 4.59. The fourth-order valence-electron chi connectivity index (χ4n) is 2.27. The zero-order chi connectivity index (χ0) is 16.1. The van der Waals surface area contributed by atoms with Gasteiger partial charge < -0.3 is 10.2 Å². The predicted octanol–water partition coefficient (Wildman–Crippen LogP) is 4.17. The van der Waals surface area contributed by atoms with Crippen LogP contribution in [0.4, 0.5) is 17.5 Å². The van der Waals surface area contributed by atoms with E-state index in [4.69, 9.17) is 0 Å². The first-order chi connectivity index (χ1) is 11.2. The number of rotatable bonds is 5. The lowest BCUT2D eigenvalue weighted by molar-refractivity contribution is 1.02. The quantitative estimate of drug-likeness (QED) is 0.768. The smallest absolute Gasteiger partial charge is 0.231 e. The molecule has 0 spiro atoms. The molecule has 0 radical (unpaired) electrons. The van der Waals surface area contributed by atoms with Gasteiger partial charge in [0.05, 0.1) is 0 Å². The number of benzene rings is 2. The summed E-state index contributed by atoms with van der Waals surface area (Å²) < 4.78 is 0. The van der Waals surface area contributed by atoms with Gasteiger partial charge in [-0.05, 0) is 30.7 Å². The second kappa shape index (κ2) is 6.92. The molecular weight excluding hydrogens is 284 g/mol. The molecule has 1 aromatic heterocycles. The maximum atomic E-state index is 4.59. The summed E-state index contributed by atoms with van der Waals surface area (Å²) in [6.07, 6.45) is 1.78. The summed E-state index contributed by atoms with van der Waals surface area (Å²) >= 11 is 0. The van der Waals surface area contributed by atoms with Crippen LogP contribution in [0.1, 0.15) is 11.1 Å². The third kappa shape index (κ3) is 3.86. The summed E-state index contributed by atoms with van der Waals surface area (Å²) in [5.74, 6) is 1.49. The first kappa shape index (κ1) is 15.0. The van der Waals surface area contributed by atoms with Gasteiger partial charge in [-0.15, -0.1) is 0 Å². The molecule has 1 heterocycles. The molecule has 4 heteroatoms. The van der Waals surface area contributed by atoms with Crippen molar-refractivity contribution in [3.05, 3.63) is 78.0 Å². The Morgan fingerprint density at radius 1 is 0.957 bits per heavy atom. The molecule has 0 aliphatic carbocycles. The Morgan fingerprint density at radius 2 is 1.70 bits per heavy atom. The topological polar surface area (TPSA) is 41.1 Å². The highest BCUT2D eigenvalue weighted by Gasteiger charge is 2.07. The van der Waals surface area contributed by atoms with E-state index >= 15 is 0 Å². The summed E-state index contributed by atoms with van der Waals surface area (Å²) in [5.41, 5.74) is 3.55. The van der Waals surface area contributed by atoms with Crippen molar-refractivity contribution in [2.45, 2.75) is 13.5 Å². The van der Waals surface area contributed by atoms with Crippen LogP contribution in [-0.4, -0.2) is 17.0 Å². The van der Waals surface area contributed by atoms with Crippen molar-refractivity contribution in [1.82, 2.24) is 9.97 Å². The van der Waals surface area contributed by atoms with Crippen LogP contribution in [-0.2, 0) is 6.54 Å². The van der Waals surface area contributed by atoms with E-state index in [1.165, 1.54) is 11.1 Å². The molecule has 0 aliphatic rings. The molecule has 2 aromatic carbocycles. The van der Waals surface area contributed by atoms with Crippen molar-refractivity contribution >= 4 is 17.5 Å². The average Bonchev–Trinajstić information content (AvgIpc) is 2.61. The Morgan fingerprint density at radius 3 is 2.43 bits per heavy atom. The average molecular weight is 304 g/mol. The second-order valence-electron chi connectivity index (χ2n) is 5.48. The molecule has 3 rings (SSSR count). The molecule has 4 nitrogen and oxygen atoms in total. The molecule has 0 saturated carbocycles. The molecule has 0 unspecified atom stereocenters. The van der Waals surface area contributed by atoms with E-state index in [-0.39, 0.29) is 0 Å². The van der Waals surface area contributed by atoms with Crippen molar-refractivity contribution in [2.24, 2.45) is 0 Å². The Balaban J connectivity index is 1.71. The summed E-state index contributed by atoms with van der Waals surface area (Å²) in [7, 11) is 1.97. The monoisotopic (exact) mass is 304 g/mol. The standard InChI is InChI=1S/C19H20N4/c1-15-8-10-16(11-9-15)14-21-18-12-13-20-19(22-18)23(2)17-6-4-3-5-7-17/h3-13H,14H2,1-2H3,(H,20,21,22). The van der Waals surface area contributed by atoms with E-state index in [0.29, 0.717) is 5.95 Å². The van der Waals surface area contributed by atoms with E-state index in [2.05, 4.69) is 46.5 Å². The largest absolute Gasteiger partial charge is 0.366 e. The van der Waals surface area contributed by atoms with Crippen LogP contribution in [0.3, 0.4) is 0 Å². The minimum Gasteiger partial charge on any atom is -0.366 e. The first-order valence-corrected chi connectivity index (χ1v) is 7.63. The highest BCUT2D eigenvalue weighted by Crippen LogP contribution is 2.20. The minimum atomic E-state index is 0.671. The third-order valence-corrected chi connectivity index (χ3v) is 3.68. The van der Waals surface area contributed by atoms with E-state index in [1.807, 2.05) is 48.3 Å². The van der Waals surface area contributed by atoms with Crippen LogP contribution in [0.5, 0.6) is 0 Å². The van der Waals surface area contributed by atoms with Gasteiger partial charge in [-0.1, -0.05) is 48.0 Å². The fourth-order valence-corrected chi connectivity index (χ4v) is 2.27. The SMILES string of the molecule is Cc1ccc(CNc2ccnc(N(C)c3ccccc3)n2)cc1. The summed E-state index contributed by atoms with van der Waals surface area (Å²) in [6.45, 7) is 2.83. The van der Waals surface area contributed by atoms with Gasteiger partial charge in [0, 0.05) is 25.5 Å². The normalized spacial score (nSPS) is 10.3. The summed E-state index contributed by atoms with van der Waals surface area (Å²) in [4.78, 5) is 10.9. The van der Waals surface area contributed by atoms with Gasteiger partial charge in [0.2, 0.25) is 5.95 Å². The highest BCUT2D eigenvalue weighted by atomic mass is 15.2. The van der Waals surface area contributed by atoms with Gasteiger partial charge in [-0.2, -0.15) is 4.98 Å². The number of hydrogen-bond acceptors (Lipinski definition) is 4. The molecule has 0 atom stereocenters. The molecule has 116 valence electrons. The van der Waals surface area contributed by atoms with Crippen molar-refractivity contribution in [3.8, 4) is 0 Å². The first-order valence-electron chi connectivity index (χ1n) is 7.63. The van der Waals surface area contributed by atoms with Crippen molar-refractivity contribution in [2.75, 3.05) is 17.3 Å². The Kier molecular flexibility index (Phi) is 4.52. The number of nitrogens with one attached hydrogen (secondary N) is 1. The van der Waals surface area contributed by atoms with Gasteiger partial charge in [0.25, 0.3) is 0 Å². The van der Waals surface area contributed by atoms with Crippen LogP contribution in [0.2, 0.25) is 0 Å². The molecule has 0 aliphatic heterocycles. The minimum absolute atomic E-state index is 0.671. The van der Waals surface area contributed by atoms with Gasteiger partial charge in [0.15, 0.2) is 0 Å². The molecule has 23 heavy (non-hydrogen) atoms. The third-order valence-electron chi connectivity index (χ3n) is 3.68. The van der Waals surface area contributed by atoms with Crippen molar-refractivity contribution in [3.63, 3.8) is 0 Å². The molecular formula is C19H20N4. The zero-order valence-electron chi connectivity index (χ0n) is 13.4. The number of anilines is 3. The number of nitrogens with zero attached hydrogens (tertiary/aromatic N) is 3. The molecule has 0 saturated heterocycles. The van der Waals surface area contributed by atoms with E-state index in [0.717, 1.165) is 18.1 Å². The van der Waals surface area contributed by atoms with E-state index in [1.54, 1.807) is 6.20 Å². The Labute approximate surface area is 136 Å². The van der Waals surface area contributed by atoms with Crippen LogP contribution in [0, 0.1) is 6.92 Å². The Bertz CT molecular complexity index is 754. The van der Waals surface area contributed by atoms with Crippen LogP contribution in [0.15, 0.2) is 66.9 Å². The number of hydrogen-bond donors (Lipinski definition) is 1. The number of para-hydroxylation sites is 1. The van der Waals surface area contributed by atoms with Gasteiger partial charge in [-0.3, -0.25) is 0 Å². The van der Waals surface area contributed by atoms with Crippen LogP contribution in [0.25, 0.3) is 0 Å². The van der Waals surface area contributed by atoms with Crippen molar-refractivity contribution < 1.29 is 0 Å². The molecule has 0 fully saturated rings. The van der Waals surface area contributed by atoms with Crippen molar-refractivity contribution in [1.29, 1.82) is 0 Å². The van der Waals surface area contributed by atoms with Gasteiger partial charge >= 0.3 is 0 Å². The van der Waals surface area contributed by atoms with E-state index < -0.39 is 0 Å². The molecule has 0 amide bonds. The second-order valence-corrected chi connectivity index (χ2v) is 5.48. The molecule has 1 N–H and O–H groups in total. The number of aromatic nitrogens is 2.